The van der Waals surface area contributed by atoms with Gasteiger partial charge in [-0.1, -0.05) is 48.5 Å². The Hall–Kier alpha value is -1.78. The van der Waals surface area contributed by atoms with Gasteiger partial charge in [0.25, 0.3) is 0 Å². The van der Waals surface area contributed by atoms with Gasteiger partial charge in [0.15, 0.2) is 0 Å². The molecular weight excluding hydrogens is 323 g/mol. The van der Waals surface area contributed by atoms with Crippen molar-refractivity contribution in [1.29, 1.82) is 0 Å². The highest BCUT2D eigenvalue weighted by molar-refractivity contribution is 6.47. The molecule has 0 aromatic heterocycles. The van der Waals surface area contributed by atoms with Crippen LogP contribution in [0.5, 0.6) is 5.75 Å². The molecule has 1 aliphatic rings. The quantitative estimate of drug-likeness (QED) is 0.682. The second-order valence-corrected chi connectivity index (χ2v) is 8.00. The van der Waals surface area contributed by atoms with E-state index < -0.39 is 0 Å². The van der Waals surface area contributed by atoms with E-state index in [2.05, 4.69) is 70.2 Å². The normalized spacial score (nSPS) is 19.3. The van der Waals surface area contributed by atoms with Crippen LogP contribution < -0.4 is 4.74 Å². The van der Waals surface area contributed by atoms with E-state index in [1.54, 1.807) is 7.11 Å². The standard InChI is InChI=1S/C22H29BO3/c1-21(2)22(3,4)26-23(25-21)19(16-15-17-11-7-6-8-12-17)18-13-9-10-14-20(18)24-5/h6-14,19H,15-16H2,1-5H3. The molecule has 0 spiro atoms. The smallest absolute Gasteiger partial charge is 0.465 e. The molecule has 1 atom stereocenters. The van der Waals surface area contributed by atoms with E-state index in [1.807, 2.05) is 12.1 Å². The molecule has 1 saturated heterocycles. The average molecular weight is 352 g/mol. The van der Waals surface area contributed by atoms with Gasteiger partial charge < -0.3 is 14.0 Å². The van der Waals surface area contributed by atoms with Gasteiger partial charge in [-0.3, -0.25) is 0 Å². The first-order chi connectivity index (χ1) is 12.3. The molecule has 0 radical (unpaired) electrons. The van der Waals surface area contributed by atoms with Crippen LogP contribution in [0, 0.1) is 0 Å². The molecule has 0 aliphatic carbocycles. The van der Waals surface area contributed by atoms with Crippen molar-refractivity contribution >= 4 is 7.12 Å². The van der Waals surface area contributed by atoms with E-state index >= 15 is 0 Å². The van der Waals surface area contributed by atoms with Crippen LogP contribution in [0.1, 0.15) is 51.1 Å². The van der Waals surface area contributed by atoms with Crippen molar-refractivity contribution < 1.29 is 14.0 Å². The van der Waals surface area contributed by atoms with E-state index in [-0.39, 0.29) is 24.1 Å². The number of para-hydroxylation sites is 1. The predicted octanol–water partition coefficient (Wildman–Crippen LogP) is 5.04. The molecule has 0 saturated carbocycles. The summed E-state index contributed by atoms with van der Waals surface area (Å²) in [4.78, 5) is 0. The largest absolute Gasteiger partial charge is 0.496 e. The summed E-state index contributed by atoms with van der Waals surface area (Å²) in [5.74, 6) is 0.993. The first-order valence-electron chi connectivity index (χ1n) is 9.36. The summed E-state index contributed by atoms with van der Waals surface area (Å²) in [6.45, 7) is 8.40. The van der Waals surface area contributed by atoms with Gasteiger partial charge in [-0.05, 0) is 57.7 Å². The Bertz CT molecular complexity index is 711. The molecular formula is C22H29BO3. The molecule has 1 unspecified atom stereocenters. The molecule has 0 amide bonds. The lowest BCUT2D eigenvalue weighted by Crippen LogP contribution is -2.41. The van der Waals surface area contributed by atoms with Crippen LogP contribution in [0.25, 0.3) is 0 Å². The van der Waals surface area contributed by atoms with Crippen molar-refractivity contribution in [3.8, 4) is 5.75 Å². The SMILES string of the molecule is COc1ccccc1C(CCc1ccccc1)B1OC(C)(C)C(C)(C)O1. The lowest BCUT2D eigenvalue weighted by molar-refractivity contribution is 0.00578. The molecule has 26 heavy (non-hydrogen) atoms. The summed E-state index contributed by atoms with van der Waals surface area (Å²) in [6, 6.07) is 18.8. The van der Waals surface area contributed by atoms with E-state index in [1.165, 1.54) is 5.56 Å². The fourth-order valence-corrected chi connectivity index (χ4v) is 3.43. The third kappa shape index (κ3) is 3.82. The number of hydrogen-bond donors (Lipinski definition) is 0. The summed E-state index contributed by atoms with van der Waals surface area (Å²) in [7, 11) is 1.43. The number of hydrogen-bond acceptors (Lipinski definition) is 3. The summed E-state index contributed by atoms with van der Waals surface area (Å²) >= 11 is 0. The fraction of sp³-hybridized carbons (Fsp3) is 0.455. The van der Waals surface area contributed by atoms with Gasteiger partial charge in [-0.15, -0.1) is 0 Å². The van der Waals surface area contributed by atoms with E-state index in [0.29, 0.717) is 0 Å². The Kier molecular flexibility index (Phi) is 5.45. The molecule has 1 aliphatic heterocycles. The molecule has 3 rings (SSSR count). The summed E-state index contributed by atoms with van der Waals surface area (Å²) in [6.07, 6.45) is 1.90. The zero-order chi connectivity index (χ0) is 18.8. The monoisotopic (exact) mass is 352 g/mol. The van der Waals surface area contributed by atoms with Gasteiger partial charge in [-0.25, -0.2) is 0 Å². The highest BCUT2D eigenvalue weighted by atomic mass is 16.7. The molecule has 0 N–H and O–H groups in total. The molecule has 2 aromatic carbocycles. The maximum atomic E-state index is 6.39. The minimum atomic E-state index is -0.343. The molecule has 3 nitrogen and oxygen atoms in total. The lowest BCUT2D eigenvalue weighted by Gasteiger charge is -2.32. The highest BCUT2D eigenvalue weighted by Crippen LogP contribution is 2.43. The fourth-order valence-electron chi connectivity index (χ4n) is 3.43. The number of ether oxygens (including phenoxy) is 1. The highest BCUT2D eigenvalue weighted by Gasteiger charge is 2.54. The van der Waals surface area contributed by atoms with Crippen LogP contribution in [0.3, 0.4) is 0 Å². The van der Waals surface area contributed by atoms with Crippen LogP contribution >= 0.6 is 0 Å². The molecule has 0 bridgehead atoms. The molecule has 4 heteroatoms. The Labute approximate surface area is 157 Å². The topological polar surface area (TPSA) is 27.7 Å². The van der Waals surface area contributed by atoms with Crippen molar-refractivity contribution in [3.05, 3.63) is 65.7 Å². The van der Waals surface area contributed by atoms with Gasteiger partial charge in [0.05, 0.1) is 18.3 Å². The van der Waals surface area contributed by atoms with Gasteiger partial charge in [0.2, 0.25) is 0 Å². The summed E-state index contributed by atoms with van der Waals surface area (Å²) < 4.78 is 18.4. The van der Waals surface area contributed by atoms with Crippen LogP contribution in [-0.2, 0) is 15.7 Å². The van der Waals surface area contributed by atoms with E-state index in [4.69, 9.17) is 14.0 Å². The van der Waals surface area contributed by atoms with E-state index in [9.17, 15) is 0 Å². The average Bonchev–Trinajstić information content (AvgIpc) is 2.84. The van der Waals surface area contributed by atoms with Gasteiger partial charge in [-0.2, -0.15) is 0 Å². The van der Waals surface area contributed by atoms with Gasteiger partial charge >= 0.3 is 7.12 Å². The summed E-state index contributed by atoms with van der Waals surface area (Å²) in [5.41, 5.74) is 1.78. The number of aryl methyl sites for hydroxylation is 1. The maximum absolute atomic E-state index is 6.39. The van der Waals surface area contributed by atoms with Crippen LogP contribution in [0.4, 0.5) is 0 Å². The number of rotatable bonds is 6. The lowest BCUT2D eigenvalue weighted by atomic mass is 9.65. The predicted molar refractivity (Wildman–Crippen MR) is 107 cm³/mol. The Morgan fingerprint density at radius 3 is 2.08 bits per heavy atom. The first kappa shape index (κ1) is 19.0. The van der Waals surface area contributed by atoms with Gasteiger partial charge in [0.1, 0.15) is 5.75 Å². The molecule has 138 valence electrons. The molecule has 1 heterocycles. The Morgan fingerprint density at radius 2 is 1.46 bits per heavy atom. The van der Waals surface area contributed by atoms with E-state index in [0.717, 1.165) is 24.2 Å². The Balaban J connectivity index is 1.89. The minimum Gasteiger partial charge on any atom is -0.496 e. The van der Waals surface area contributed by atoms with Crippen molar-refractivity contribution in [2.75, 3.05) is 7.11 Å². The Morgan fingerprint density at radius 1 is 0.885 bits per heavy atom. The minimum absolute atomic E-state index is 0.104. The number of methoxy groups -OCH3 is 1. The maximum Gasteiger partial charge on any atom is 0.465 e. The third-order valence-electron chi connectivity index (χ3n) is 5.73. The van der Waals surface area contributed by atoms with Crippen LogP contribution in [0.2, 0.25) is 0 Å². The third-order valence-corrected chi connectivity index (χ3v) is 5.73. The van der Waals surface area contributed by atoms with Gasteiger partial charge in [0, 0.05) is 5.82 Å². The summed E-state index contributed by atoms with van der Waals surface area (Å²) in [5, 5.41) is 0. The van der Waals surface area contributed by atoms with Crippen molar-refractivity contribution in [2.24, 2.45) is 0 Å². The van der Waals surface area contributed by atoms with Crippen molar-refractivity contribution in [3.63, 3.8) is 0 Å². The number of benzene rings is 2. The second-order valence-electron chi connectivity index (χ2n) is 8.00. The molecule has 1 fully saturated rings. The van der Waals surface area contributed by atoms with Crippen molar-refractivity contribution in [1.82, 2.24) is 0 Å². The van der Waals surface area contributed by atoms with Crippen LogP contribution in [0.15, 0.2) is 54.6 Å². The second kappa shape index (κ2) is 7.46. The van der Waals surface area contributed by atoms with Crippen LogP contribution in [-0.4, -0.2) is 25.4 Å². The first-order valence-corrected chi connectivity index (χ1v) is 9.36. The zero-order valence-corrected chi connectivity index (χ0v) is 16.5. The van der Waals surface area contributed by atoms with Crippen molar-refractivity contribution in [2.45, 2.75) is 57.6 Å². The zero-order valence-electron chi connectivity index (χ0n) is 16.5. The molecule has 2 aromatic rings.